The number of nitrogens with one attached hydrogen (secondary N) is 1. The van der Waals surface area contributed by atoms with Gasteiger partial charge in [-0.25, -0.2) is 0 Å². The van der Waals surface area contributed by atoms with Gasteiger partial charge in [-0.3, -0.25) is 0 Å². The zero-order chi connectivity index (χ0) is 8.23. The van der Waals surface area contributed by atoms with Crippen LogP contribution >= 0.6 is 0 Å². The van der Waals surface area contributed by atoms with Gasteiger partial charge in [0, 0.05) is 26.2 Å². The smallest absolute Gasteiger partial charge is 0.326 e. The van der Waals surface area contributed by atoms with Crippen LogP contribution in [0.1, 0.15) is 0 Å². The Hall–Kier alpha value is -0.970. The summed E-state index contributed by atoms with van der Waals surface area (Å²) >= 11 is 0. The van der Waals surface area contributed by atoms with Crippen LogP contribution in [-0.2, 0) is 9.57 Å². The van der Waals surface area contributed by atoms with Gasteiger partial charge in [0.05, 0.1) is 0 Å². The second-order valence-electron chi connectivity index (χ2n) is 2.79. The molecule has 0 bridgehead atoms. The molecule has 0 aromatic rings. The molecular formula is C7H13N3O2. The van der Waals surface area contributed by atoms with Crippen LogP contribution in [0.15, 0.2) is 5.16 Å². The average molecular weight is 171 g/mol. The molecule has 1 saturated heterocycles. The lowest BCUT2D eigenvalue weighted by Crippen LogP contribution is -2.48. The number of nitrogens with zero attached hydrogens (tertiary/aromatic N) is 2. The summed E-state index contributed by atoms with van der Waals surface area (Å²) in [5.74, 6) is 0. The molecule has 1 fully saturated rings. The maximum atomic E-state index is 5.34. The SMILES string of the molecule is C1CN(C2=NOCCO2)CCN1. The van der Waals surface area contributed by atoms with Crippen molar-refractivity contribution in [2.75, 3.05) is 39.4 Å². The number of oxime groups is 1. The first-order chi connectivity index (χ1) is 5.97. The third kappa shape index (κ3) is 1.61. The first-order valence-corrected chi connectivity index (χ1v) is 4.25. The highest BCUT2D eigenvalue weighted by molar-refractivity contribution is 5.73. The van der Waals surface area contributed by atoms with Gasteiger partial charge in [0.1, 0.15) is 6.61 Å². The number of hydrogen-bond donors (Lipinski definition) is 1. The Balaban J connectivity index is 1.92. The van der Waals surface area contributed by atoms with Crippen molar-refractivity contribution in [3.05, 3.63) is 0 Å². The monoisotopic (exact) mass is 171 g/mol. The van der Waals surface area contributed by atoms with Gasteiger partial charge in [0.15, 0.2) is 6.61 Å². The largest absolute Gasteiger partial charge is 0.459 e. The predicted octanol–water partition coefficient (Wildman–Crippen LogP) is -0.791. The molecule has 2 heterocycles. The number of rotatable bonds is 0. The Morgan fingerprint density at radius 3 is 2.75 bits per heavy atom. The summed E-state index contributed by atoms with van der Waals surface area (Å²) < 4.78 is 5.34. The van der Waals surface area contributed by atoms with Crippen molar-refractivity contribution in [2.24, 2.45) is 5.16 Å². The molecule has 0 spiro atoms. The van der Waals surface area contributed by atoms with Crippen LogP contribution in [0.25, 0.3) is 0 Å². The van der Waals surface area contributed by atoms with E-state index in [0.29, 0.717) is 19.2 Å². The maximum Gasteiger partial charge on any atom is 0.326 e. The van der Waals surface area contributed by atoms with Gasteiger partial charge < -0.3 is 19.8 Å². The van der Waals surface area contributed by atoms with E-state index >= 15 is 0 Å². The van der Waals surface area contributed by atoms with Crippen molar-refractivity contribution in [1.29, 1.82) is 0 Å². The molecule has 68 valence electrons. The van der Waals surface area contributed by atoms with Crippen molar-refractivity contribution in [3.8, 4) is 0 Å². The van der Waals surface area contributed by atoms with E-state index in [9.17, 15) is 0 Å². The summed E-state index contributed by atoms with van der Waals surface area (Å²) in [6.45, 7) is 5.05. The third-order valence-electron chi connectivity index (χ3n) is 1.94. The maximum absolute atomic E-state index is 5.34. The molecule has 1 N–H and O–H groups in total. The van der Waals surface area contributed by atoms with Crippen LogP contribution in [0.4, 0.5) is 0 Å². The molecule has 0 amide bonds. The van der Waals surface area contributed by atoms with Crippen LogP contribution in [0.5, 0.6) is 0 Å². The van der Waals surface area contributed by atoms with Gasteiger partial charge in [-0.15, -0.1) is 0 Å². The second-order valence-corrected chi connectivity index (χ2v) is 2.79. The molecule has 5 heteroatoms. The van der Waals surface area contributed by atoms with Crippen molar-refractivity contribution in [2.45, 2.75) is 0 Å². The lowest BCUT2D eigenvalue weighted by atomic mass is 10.4. The minimum absolute atomic E-state index is 0.565. The Labute approximate surface area is 71.3 Å². The molecule has 0 aromatic carbocycles. The fraction of sp³-hybridized carbons (Fsp3) is 0.857. The quantitative estimate of drug-likeness (QED) is 0.519. The van der Waals surface area contributed by atoms with Crippen LogP contribution in [0.2, 0.25) is 0 Å². The number of ether oxygens (including phenoxy) is 1. The number of piperazine rings is 1. The lowest BCUT2D eigenvalue weighted by Gasteiger charge is -2.30. The van der Waals surface area contributed by atoms with Crippen LogP contribution in [0, 0.1) is 0 Å². The van der Waals surface area contributed by atoms with E-state index in [2.05, 4.69) is 15.4 Å². The summed E-state index contributed by atoms with van der Waals surface area (Å²) in [5.41, 5.74) is 0. The zero-order valence-corrected chi connectivity index (χ0v) is 6.95. The first kappa shape index (κ1) is 7.67. The molecule has 2 aliphatic heterocycles. The highest BCUT2D eigenvalue weighted by Gasteiger charge is 2.18. The van der Waals surface area contributed by atoms with E-state index < -0.39 is 0 Å². The molecule has 0 unspecified atom stereocenters. The van der Waals surface area contributed by atoms with Gasteiger partial charge in [0.2, 0.25) is 0 Å². The van der Waals surface area contributed by atoms with E-state index in [1.54, 1.807) is 0 Å². The van der Waals surface area contributed by atoms with Gasteiger partial charge in [-0.2, -0.15) is 0 Å². The molecule has 0 aliphatic carbocycles. The number of amidine groups is 1. The normalized spacial score (nSPS) is 24.0. The summed E-state index contributed by atoms with van der Waals surface area (Å²) in [6, 6.07) is 0.641. The van der Waals surface area contributed by atoms with Gasteiger partial charge in [-0.05, 0) is 5.16 Å². The Morgan fingerprint density at radius 2 is 2.08 bits per heavy atom. The first-order valence-electron chi connectivity index (χ1n) is 4.25. The lowest BCUT2D eigenvalue weighted by molar-refractivity contribution is 0.0437. The molecular weight excluding hydrogens is 158 g/mol. The molecule has 0 radical (unpaired) electrons. The molecule has 0 aromatic heterocycles. The second kappa shape index (κ2) is 3.62. The van der Waals surface area contributed by atoms with Crippen molar-refractivity contribution in [3.63, 3.8) is 0 Å². The van der Waals surface area contributed by atoms with Crippen molar-refractivity contribution >= 4 is 6.02 Å². The molecule has 0 saturated carbocycles. The minimum atomic E-state index is 0.565. The topological polar surface area (TPSA) is 46.1 Å². The summed E-state index contributed by atoms with van der Waals surface area (Å²) in [4.78, 5) is 7.03. The van der Waals surface area contributed by atoms with Crippen molar-refractivity contribution < 1.29 is 9.57 Å². The highest BCUT2D eigenvalue weighted by Crippen LogP contribution is 2.01. The van der Waals surface area contributed by atoms with Crippen LogP contribution in [-0.4, -0.2) is 50.3 Å². The van der Waals surface area contributed by atoms with E-state index in [-0.39, 0.29) is 0 Å². The van der Waals surface area contributed by atoms with Crippen LogP contribution in [0.3, 0.4) is 0 Å². The third-order valence-corrected chi connectivity index (χ3v) is 1.94. The summed E-state index contributed by atoms with van der Waals surface area (Å²) in [5, 5.41) is 7.11. The van der Waals surface area contributed by atoms with Crippen LogP contribution < -0.4 is 5.32 Å². The van der Waals surface area contributed by atoms with Gasteiger partial charge in [-0.1, -0.05) is 0 Å². The fourth-order valence-electron chi connectivity index (χ4n) is 1.30. The summed E-state index contributed by atoms with van der Waals surface area (Å²) in [6.07, 6.45) is 0. The molecule has 2 aliphatic rings. The standard InChI is InChI=1S/C7H13N3O2/c1-3-10(4-2-8-1)7-9-12-6-5-11-7/h8H,1-6H2. The van der Waals surface area contributed by atoms with E-state index in [0.717, 1.165) is 26.2 Å². The van der Waals surface area contributed by atoms with Gasteiger partial charge in [0.25, 0.3) is 0 Å². The minimum Gasteiger partial charge on any atom is -0.459 e. The Morgan fingerprint density at radius 1 is 1.25 bits per heavy atom. The fourth-order valence-corrected chi connectivity index (χ4v) is 1.30. The predicted molar refractivity (Wildman–Crippen MR) is 43.8 cm³/mol. The molecule has 0 atom stereocenters. The molecule has 2 rings (SSSR count). The number of hydrogen-bond acceptors (Lipinski definition) is 5. The highest BCUT2D eigenvalue weighted by atomic mass is 16.7. The average Bonchev–Trinajstić information content (AvgIpc) is 2.21. The Kier molecular flexibility index (Phi) is 2.31. The van der Waals surface area contributed by atoms with Gasteiger partial charge >= 0.3 is 6.02 Å². The Bertz CT molecular complexity index is 177. The van der Waals surface area contributed by atoms with Crippen molar-refractivity contribution in [1.82, 2.24) is 10.2 Å². The zero-order valence-electron chi connectivity index (χ0n) is 6.95. The van der Waals surface area contributed by atoms with E-state index in [1.165, 1.54) is 0 Å². The summed E-state index contributed by atoms with van der Waals surface area (Å²) in [7, 11) is 0. The molecule has 12 heavy (non-hydrogen) atoms. The molecule has 5 nitrogen and oxygen atoms in total. The van der Waals surface area contributed by atoms with E-state index in [1.807, 2.05) is 0 Å². The van der Waals surface area contributed by atoms with E-state index in [4.69, 9.17) is 9.57 Å².